The lowest BCUT2D eigenvalue weighted by molar-refractivity contribution is 0.00687. The van der Waals surface area contributed by atoms with Crippen LogP contribution in [0.3, 0.4) is 0 Å². The third-order valence-electron chi connectivity index (χ3n) is 5.09. The fourth-order valence-corrected chi connectivity index (χ4v) is 3.68. The van der Waals surface area contributed by atoms with Crippen LogP contribution < -0.4 is 11.1 Å². The van der Waals surface area contributed by atoms with Crippen molar-refractivity contribution in [3.8, 4) is 0 Å². The SMILES string of the molecule is CC1(C)CCc2c(CN[C@H]3CCC(F)(F)C3)cc(C(N)=O)nc21. The van der Waals surface area contributed by atoms with Crippen molar-refractivity contribution >= 4 is 5.91 Å². The lowest BCUT2D eigenvalue weighted by Crippen LogP contribution is -2.28. The highest BCUT2D eigenvalue weighted by atomic mass is 19.3. The predicted octanol–water partition coefficient (Wildman–Crippen LogP) is 2.68. The lowest BCUT2D eigenvalue weighted by Gasteiger charge is -2.20. The summed E-state index contributed by atoms with van der Waals surface area (Å²) in [5.74, 6) is -3.11. The molecule has 1 aromatic heterocycles. The number of carbonyl (C=O) groups is 1. The van der Waals surface area contributed by atoms with Gasteiger partial charge in [0.05, 0.1) is 5.69 Å². The van der Waals surface area contributed by atoms with Gasteiger partial charge in [-0.25, -0.2) is 13.8 Å². The summed E-state index contributed by atoms with van der Waals surface area (Å²) in [6, 6.07) is 1.53. The third-order valence-corrected chi connectivity index (χ3v) is 5.09. The number of primary amides is 1. The zero-order valence-corrected chi connectivity index (χ0v) is 13.6. The molecule has 1 saturated carbocycles. The van der Waals surface area contributed by atoms with Gasteiger partial charge in [-0.2, -0.15) is 0 Å². The van der Waals surface area contributed by atoms with E-state index in [0.29, 0.717) is 13.0 Å². The van der Waals surface area contributed by atoms with Crippen molar-refractivity contribution in [2.24, 2.45) is 5.73 Å². The average Bonchev–Trinajstić information content (AvgIpc) is 2.96. The van der Waals surface area contributed by atoms with E-state index in [0.717, 1.165) is 29.7 Å². The number of pyridine rings is 1. The average molecular weight is 323 g/mol. The number of rotatable bonds is 4. The number of nitrogens with one attached hydrogen (secondary N) is 1. The largest absolute Gasteiger partial charge is 0.364 e. The zero-order valence-electron chi connectivity index (χ0n) is 13.6. The summed E-state index contributed by atoms with van der Waals surface area (Å²) in [5, 5.41) is 3.22. The topological polar surface area (TPSA) is 68.0 Å². The Bertz CT molecular complexity index is 643. The molecule has 0 bridgehead atoms. The van der Waals surface area contributed by atoms with E-state index in [4.69, 9.17) is 5.73 Å². The van der Waals surface area contributed by atoms with Gasteiger partial charge < -0.3 is 11.1 Å². The van der Waals surface area contributed by atoms with Crippen molar-refractivity contribution < 1.29 is 13.6 Å². The Morgan fingerprint density at radius 3 is 2.78 bits per heavy atom. The van der Waals surface area contributed by atoms with E-state index >= 15 is 0 Å². The first-order chi connectivity index (χ1) is 10.7. The summed E-state index contributed by atoms with van der Waals surface area (Å²) in [6.45, 7) is 4.68. The molecule has 2 aliphatic rings. The minimum absolute atomic E-state index is 0.0569. The summed E-state index contributed by atoms with van der Waals surface area (Å²) < 4.78 is 26.6. The van der Waals surface area contributed by atoms with E-state index in [1.807, 2.05) is 0 Å². The van der Waals surface area contributed by atoms with E-state index in [1.54, 1.807) is 6.07 Å². The number of halogens is 2. The molecule has 3 N–H and O–H groups in total. The summed E-state index contributed by atoms with van der Waals surface area (Å²) in [6.07, 6.45) is 2.17. The number of nitrogens with two attached hydrogens (primary N) is 1. The smallest absolute Gasteiger partial charge is 0.267 e. The van der Waals surface area contributed by atoms with Crippen LogP contribution in [-0.4, -0.2) is 22.9 Å². The molecular weight excluding hydrogens is 300 g/mol. The van der Waals surface area contributed by atoms with Crippen molar-refractivity contribution in [2.45, 2.75) is 69.9 Å². The normalized spacial score (nSPS) is 24.6. The molecule has 0 spiro atoms. The monoisotopic (exact) mass is 323 g/mol. The molecule has 4 nitrogen and oxygen atoms in total. The van der Waals surface area contributed by atoms with Crippen molar-refractivity contribution in [3.05, 3.63) is 28.6 Å². The van der Waals surface area contributed by atoms with Crippen molar-refractivity contribution in [3.63, 3.8) is 0 Å². The highest BCUT2D eigenvalue weighted by molar-refractivity contribution is 5.91. The maximum absolute atomic E-state index is 13.3. The number of carbonyl (C=O) groups excluding carboxylic acids is 1. The molecule has 1 fully saturated rings. The van der Waals surface area contributed by atoms with Crippen molar-refractivity contribution in [1.82, 2.24) is 10.3 Å². The van der Waals surface area contributed by atoms with Gasteiger partial charge in [-0.05, 0) is 36.5 Å². The summed E-state index contributed by atoms with van der Waals surface area (Å²) in [4.78, 5) is 16.0. The number of alkyl halides is 2. The molecule has 6 heteroatoms. The molecule has 0 radical (unpaired) electrons. The predicted molar refractivity (Wildman–Crippen MR) is 83.5 cm³/mol. The first kappa shape index (κ1) is 16.3. The van der Waals surface area contributed by atoms with Gasteiger partial charge in [0.2, 0.25) is 5.92 Å². The molecule has 126 valence electrons. The summed E-state index contributed by atoms with van der Waals surface area (Å²) >= 11 is 0. The van der Waals surface area contributed by atoms with Crippen molar-refractivity contribution in [2.75, 3.05) is 0 Å². The maximum atomic E-state index is 13.3. The van der Waals surface area contributed by atoms with Gasteiger partial charge in [0, 0.05) is 30.8 Å². The highest BCUT2D eigenvalue weighted by Gasteiger charge is 2.39. The molecule has 0 aliphatic heterocycles. The highest BCUT2D eigenvalue weighted by Crippen LogP contribution is 2.39. The quantitative estimate of drug-likeness (QED) is 0.895. The molecule has 1 heterocycles. The van der Waals surface area contributed by atoms with Gasteiger partial charge in [-0.3, -0.25) is 4.79 Å². The first-order valence-corrected chi connectivity index (χ1v) is 8.12. The molecule has 0 unspecified atom stereocenters. The fraction of sp³-hybridized carbons (Fsp3) is 0.647. The Hall–Kier alpha value is -1.56. The van der Waals surface area contributed by atoms with Gasteiger partial charge in [0.25, 0.3) is 5.91 Å². The van der Waals surface area contributed by atoms with Crippen LogP contribution in [-0.2, 0) is 18.4 Å². The molecule has 23 heavy (non-hydrogen) atoms. The van der Waals surface area contributed by atoms with Crippen molar-refractivity contribution in [1.29, 1.82) is 0 Å². The summed E-state index contributed by atoms with van der Waals surface area (Å²) in [5.41, 5.74) is 8.59. The molecule has 3 rings (SSSR count). The molecule has 2 aliphatic carbocycles. The van der Waals surface area contributed by atoms with E-state index in [-0.39, 0.29) is 30.0 Å². The van der Waals surface area contributed by atoms with Gasteiger partial charge in [-0.15, -0.1) is 0 Å². The van der Waals surface area contributed by atoms with Crippen LogP contribution in [0.4, 0.5) is 8.78 Å². The second-order valence-electron chi connectivity index (χ2n) is 7.42. The third kappa shape index (κ3) is 3.22. The van der Waals surface area contributed by atoms with Crippen LogP contribution in [0.2, 0.25) is 0 Å². The number of fused-ring (bicyclic) bond motifs is 1. The van der Waals surface area contributed by atoms with Gasteiger partial charge in [0.1, 0.15) is 5.69 Å². The molecule has 0 saturated heterocycles. The van der Waals surface area contributed by atoms with E-state index in [9.17, 15) is 13.6 Å². The van der Waals surface area contributed by atoms with Gasteiger partial charge in [-0.1, -0.05) is 13.8 Å². The molecule has 1 atom stereocenters. The molecule has 1 amide bonds. The van der Waals surface area contributed by atoms with E-state index in [2.05, 4.69) is 24.1 Å². The fourth-order valence-electron chi connectivity index (χ4n) is 3.68. The zero-order chi connectivity index (χ0) is 16.8. The Kier molecular flexibility index (Phi) is 3.91. The Morgan fingerprint density at radius 2 is 2.17 bits per heavy atom. The number of aromatic nitrogens is 1. The number of amides is 1. The Morgan fingerprint density at radius 1 is 1.43 bits per heavy atom. The van der Waals surface area contributed by atoms with Crippen LogP contribution in [0.25, 0.3) is 0 Å². The standard InChI is InChI=1S/C17H23F2N3O/c1-16(2)5-4-12-10(7-13(15(20)23)22-14(12)16)9-21-11-3-6-17(18,19)8-11/h7,11,21H,3-6,8-9H2,1-2H3,(H2,20,23)/t11-/m0/s1. The molecule has 0 aromatic carbocycles. The second kappa shape index (κ2) is 5.51. The molecule has 1 aromatic rings. The van der Waals surface area contributed by atoms with E-state index in [1.165, 1.54) is 0 Å². The number of nitrogens with zero attached hydrogens (tertiary/aromatic N) is 1. The minimum atomic E-state index is -2.56. The Balaban J connectivity index is 1.83. The lowest BCUT2D eigenvalue weighted by atomic mass is 9.90. The van der Waals surface area contributed by atoms with Crippen LogP contribution in [0, 0.1) is 0 Å². The maximum Gasteiger partial charge on any atom is 0.267 e. The van der Waals surface area contributed by atoms with Crippen LogP contribution in [0.1, 0.15) is 66.8 Å². The van der Waals surface area contributed by atoms with Crippen LogP contribution in [0.15, 0.2) is 6.07 Å². The minimum Gasteiger partial charge on any atom is -0.364 e. The first-order valence-electron chi connectivity index (χ1n) is 8.12. The van der Waals surface area contributed by atoms with Crippen LogP contribution >= 0.6 is 0 Å². The molecular formula is C17H23F2N3O. The van der Waals surface area contributed by atoms with E-state index < -0.39 is 11.8 Å². The van der Waals surface area contributed by atoms with Gasteiger partial charge >= 0.3 is 0 Å². The van der Waals surface area contributed by atoms with Crippen LogP contribution in [0.5, 0.6) is 0 Å². The van der Waals surface area contributed by atoms with Gasteiger partial charge in [0.15, 0.2) is 0 Å². The number of hydrogen-bond acceptors (Lipinski definition) is 3. The second-order valence-corrected chi connectivity index (χ2v) is 7.42. The summed E-state index contributed by atoms with van der Waals surface area (Å²) in [7, 11) is 0. The number of hydrogen-bond donors (Lipinski definition) is 2. The Labute approximate surface area is 134 Å².